The van der Waals surface area contributed by atoms with Crippen LogP contribution in [0.3, 0.4) is 0 Å². The summed E-state index contributed by atoms with van der Waals surface area (Å²) in [5.74, 6) is -0.229. The number of nitrogens with zero attached hydrogens (tertiary/aromatic N) is 2. The number of hydrogen-bond donors (Lipinski definition) is 1. The number of ether oxygens (including phenoxy) is 1. The molecule has 0 aliphatic carbocycles. The van der Waals surface area contributed by atoms with Gasteiger partial charge < -0.3 is 15.0 Å². The van der Waals surface area contributed by atoms with Gasteiger partial charge in [0.25, 0.3) is 0 Å². The molecular weight excluding hydrogens is 501 g/mol. The molecule has 8 nitrogen and oxygen atoms in total. The van der Waals surface area contributed by atoms with Gasteiger partial charge in [-0.1, -0.05) is 41.4 Å². The minimum Gasteiger partial charge on any atom is -0.495 e. The third-order valence-electron chi connectivity index (χ3n) is 5.28. The van der Waals surface area contributed by atoms with Crippen LogP contribution >= 0.6 is 23.2 Å². The van der Waals surface area contributed by atoms with Crippen molar-refractivity contribution in [2.24, 2.45) is 0 Å². The highest BCUT2D eigenvalue weighted by atomic mass is 35.5. The molecule has 2 amide bonds. The van der Waals surface area contributed by atoms with Crippen LogP contribution in [0, 0.1) is 0 Å². The Hall–Kier alpha value is -2.49. The summed E-state index contributed by atoms with van der Waals surface area (Å²) >= 11 is 12.2. The molecule has 1 N–H and O–H groups in total. The number of anilines is 1. The van der Waals surface area contributed by atoms with Gasteiger partial charge in [0.15, 0.2) is 0 Å². The van der Waals surface area contributed by atoms with Crippen molar-refractivity contribution in [1.82, 2.24) is 10.2 Å². The topological polar surface area (TPSA) is 96.0 Å². The number of methoxy groups -OCH3 is 1. The number of likely N-dealkylation sites (N-methyl/N-ethyl adjacent to an activating group) is 1. The first kappa shape index (κ1) is 27.8. The second-order valence-electron chi connectivity index (χ2n) is 7.66. The van der Waals surface area contributed by atoms with E-state index in [2.05, 4.69) is 5.32 Å². The Labute approximate surface area is 210 Å². The predicted octanol–water partition coefficient (Wildman–Crippen LogP) is 3.71. The summed E-state index contributed by atoms with van der Waals surface area (Å²) in [5.41, 5.74) is 1.03. The third kappa shape index (κ3) is 7.25. The van der Waals surface area contributed by atoms with Crippen LogP contribution in [-0.2, 0) is 26.2 Å². The van der Waals surface area contributed by atoms with Crippen molar-refractivity contribution in [1.29, 1.82) is 0 Å². The Morgan fingerprint density at radius 1 is 1.15 bits per heavy atom. The zero-order valence-electron chi connectivity index (χ0n) is 19.5. The maximum absolute atomic E-state index is 13.2. The van der Waals surface area contributed by atoms with Crippen molar-refractivity contribution in [3.05, 3.63) is 58.1 Å². The molecule has 34 heavy (non-hydrogen) atoms. The Balaban J connectivity index is 2.21. The maximum Gasteiger partial charge on any atom is 0.242 e. The van der Waals surface area contributed by atoms with Crippen LogP contribution < -0.4 is 14.4 Å². The maximum atomic E-state index is 13.2. The number of benzene rings is 2. The summed E-state index contributed by atoms with van der Waals surface area (Å²) in [7, 11) is -0.671. The first-order valence-electron chi connectivity index (χ1n) is 10.5. The zero-order valence-corrected chi connectivity index (χ0v) is 21.9. The number of para-hydroxylation sites is 2. The van der Waals surface area contributed by atoms with E-state index in [1.807, 2.05) is 0 Å². The fraction of sp³-hybridized carbons (Fsp3) is 0.391. The monoisotopic (exact) mass is 529 g/mol. The van der Waals surface area contributed by atoms with Crippen LogP contribution in [0.1, 0.15) is 25.3 Å². The summed E-state index contributed by atoms with van der Waals surface area (Å²) in [6, 6.07) is 10.9. The number of carbonyl (C=O) groups is 2. The molecule has 0 aromatic heterocycles. The van der Waals surface area contributed by atoms with Crippen LogP contribution in [0.25, 0.3) is 0 Å². The quantitative estimate of drug-likeness (QED) is 0.478. The zero-order chi connectivity index (χ0) is 25.5. The van der Waals surface area contributed by atoms with Gasteiger partial charge in [-0.2, -0.15) is 0 Å². The Kier molecular flexibility index (Phi) is 10.0. The highest BCUT2D eigenvalue weighted by Gasteiger charge is 2.27. The van der Waals surface area contributed by atoms with E-state index in [9.17, 15) is 18.0 Å². The number of hydrogen-bond acceptors (Lipinski definition) is 5. The third-order valence-corrected chi connectivity index (χ3v) is 7.04. The standard InChI is InChI=1S/C23H29Cl2N3O5S/c1-16(23(30)26-2)27(15-17-11-12-18(24)14-19(17)25)22(29)10-7-13-28(34(4,31)32)20-8-5-6-9-21(20)33-3/h5-6,8-9,11-12,14,16H,7,10,13,15H2,1-4H3,(H,26,30). The molecule has 0 radical (unpaired) electrons. The predicted molar refractivity (Wildman–Crippen MR) is 135 cm³/mol. The summed E-state index contributed by atoms with van der Waals surface area (Å²) in [4.78, 5) is 26.9. The van der Waals surface area contributed by atoms with E-state index in [1.54, 1.807) is 49.4 Å². The average Bonchev–Trinajstić information content (AvgIpc) is 2.79. The van der Waals surface area contributed by atoms with Crippen LogP contribution in [0.15, 0.2) is 42.5 Å². The summed E-state index contributed by atoms with van der Waals surface area (Å²) in [6.07, 6.45) is 1.35. The second kappa shape index (κ2) is 12.3. The fourth-order valence-corrected chi connectivity index (χ4v) is 4.88. The number of halogens is 2. The molecule has 2 aromatic carbocycles. The van der Waals surface area contributed by atoms with Gasteiger partial charge >= 0.3 is 0 Å². The SMILES string of the molecule is CNC(=O)C(C)N(Cc1ccc(Cl)cc1Cl)C(=O)CCCN(c1ccccc1OC)S(C)(=O)=O. The minimum atomic E-state index is -3.63. The number of amides is 2. The van der Waals surface area contributed by atoms with Crippen molar-refractivity contribution in [3.8, 4) is 5.75 Å². The van der Waals surface area contributed by atoms with Gasteiger partial charge in [0.2, 0.25) is 21.8 Å². The molecule has 0 saturated carbocycles. The smallest absolute Gasteiger partial charge is 0.242 e. The molecule has 0 spiro atoms. The number of nitrogens with one attached hydrogen (secondary N) is 1. The number of carbonyl (C=O) groups excluding carboxylic acids is 2. The lowest BCUT2D eigenvalue weighted by Crippen LogP contribution is -2.46. The molecule has 186 valence electrons. The van der Waals surface area contributed by atoms with Gasteiger partial charge in [-0.05, 0) is 43.2 Å². The van der Waals surface area contributed by atoms with Crippen LogP contribution in [0.4, 0.5) is 5.69 Å². The summed E-state index contributed by atoms with van der Waals surface area (Å²) in [6.45, 7) is 1.79. The number of rotatable bonds is 11. The van der Waals surface area contributed by atoms with Crippen molar-refractivity contribution in [2.45, 2.75) is 32.4 Å². The molecule has 1 atom stereocenters. The average molecular weight is 530 g/mol. The van der Waals surface area contributed by atoms with Crippen molar-refractivity contribution < 1.29 is 22.7 Å². The molecule has 1 unspecified atom stereocenters. The molecule has 0 aliphatic heterocycles. The highest BCUT2D eigenvalue weighted by Crippen LogP contribution is 2.30. The van der Waals surface area contributed by atoms with E-state index in [1.165, 1.54) is 23.4 Å². The first-order chi connectivity index (χ1) is 16.0. The van der Waals surface area contributed by atoms with Gasteiger partial charge in [0.05, 0.1) is 19.1 Å². The molecule has 0 heterocycles. The highest BCUT2D eigenvalue weighted by molar-refractivity contribution is 7.92. The lowest BCUT2D eigenvalue weighted by atomic mass is 10.1. The Morgan fingerprint density at radius 2 is 1.82 bits per heavy atom. The van der Waals surface area contributed by atoms with Crippen molar-refractivity contribution >= 4 is 50.7 Å². The van der Waals surface area contributed by atoms with E-state index in [0.29, 0.717) is 27.0 Å². The minimum absolute atomic E-state index is 0.0215. The van der Waals surface area contributed by atoms with Gasteiger partial charge in [-0.25, -0.2) is 8.42 Å². The van der Waals surface area contributed by atoms with Crippen LogP contribution in [0.2, 0.25) is 10.0 Å². The van der Waals surface area contributed by atoms with Crippen molar-refractivity contribution in [3.63, 3.8) is 0 Å². The van der Waals surface area contributed by atoms with E-state index in [4.69, 9.17) is 27.9 Å². The normalized spacial score (nSPS) is 12.1. The number of sulfonamides is 1. The van der Waals surface area contributed by atoms with Gasteiger partial charge in [-0.3, -0.25) is 13.9 Å². The van der Waals surface area contributed by atoms with Crippen molar-refractivity contribution in [2.75, 3.05) is 31.3 Å². The molecule has 2 aromatic rings. The molecular formula is C23H29Cl2N3O5S. The molecule has 0 fully saturated rings. The first-order valence-corrected chi connectivity index (χ1v) is 13.2. The van der Waals surface area contributed by atoms with E-state index in [-0.39, 0.29) is 37.7 Å². The second-order valence-corrected chi connectivity index (χ2v) is 10.4. The molecule has 0 saturated heterocycles. The van der Waals surface area contributed by atoms with E-state index in [0.717, 1.165) is 6.26 Å². The lowest BCUT2D eigenvalue weighted by molar-refractivity contribution is -0.140. The Bertz CT molecular complexity index is 1130. The lowest BCUT2D eigenvalue weighted by Gasteiger charge is -2.29. The van der Waals surface area contributed by atoms with E-state index >= 15 is 0 Å². The summed E-state index contributed by atoms with van der Waals surface area (Å²) < 4.78 is 31.4. The molecule has 0 aliphatic rings. The van der Waals surface area contributed by atoms with E-state index < -0.39 is 16.1 Å². The van der Waals surface area contributed by atoms with Crippen LogP contribution in [-0.4, -0.2) is 58.1 Å². The van der Waals surface area contributed by atoms with Gasteiger partial charge in [0, 0.05) is 36.6 Å². The van der Waals surface area contributed by atoms with Crippen LogP contribution in [0.5, 0.6) is 5.75 Å². The summed E-state index contributed by atoms with van der Waals surface area (Å²) in [5, 5.41) is 3.39. The largest absolute Gasteiger partial charge is 0.495 e. The Morgan fingerprint density at radius 3 is 2.41 bits per heavy atom. The molecule has 11 heteroatoms. The van der Waals surface area contributed by atoms with Gasteiger partial charge in [0.1, 0.15) is 11.8 Å². The molecule has 2 rings (SSSR count). The fourth-order valence-electron chi connectivity index (χ4n) is 3.44. The van der Waals surface area contributed by atoms with Gasteiger partial charge in [-0.15, -0.1) is 0 Å². The molecule has 0 bridgehead atoms.